The van der Waals surface area contributed by atoms with Gasteiger partial charge in [-0.25, -0.2) is 0 Å². The fourth-order valence-electron chi connectivity index (χ4n) is 4.48. The molecule has 158 valence electrons. The number of nitrogens with two attached hydrogens (primary N) is 1. The van der Waals surface area contributed by atoms with Gasteiger partial charge in [-0.1, -0.05) is 45.0 Å². The quantitative estimate of drug-likeness (QED) is 0.739. The summed E-state index contributed by atoms with van der Waals surface area (Å²) >= 11 is 0. The van der Waals surface area contributed by atoms with Crippen molar-refractivity contribution in [1.82, 2.24) is 14.7 Å². The summed E-state index contributed by atoms with van der Waals surface area (Å²) in [6.07, 6.45) is 6.04. The number of aromatic nitrogens is 2. The molecule has 0 spiro atoms. The molecule has 5 nitrogen and oxygen atoms in total. The first-order chi connectivity index (χ1) is 13.8. The molecule has 1 aromatic carbocycles. The normalized spacial score (nSPS) is 17.0. The van der Waals surface area contributed by atoms with Crippen LogP contribution in [0.5, 0.6) is 0 Å². The van der Waals surface area contributed by atoms with Crippen molar-refractivity contribution < 1.29 is 4.79 Å². The SMILES string of the molecule is CC(C)c1ccc(C[C@@H](C)CN2CCC(Cc3nn(C)cc3C(N)=O)CC2)cc1. The van der Waals surface area contributed by atoms with Gasteiger partial charge in [0, 0.05) is 19.8 Å². The second kappa shape index (κ2) is 9.57. The van der Waals surface area contributed by atoms with E-state index >= 15 is 0 Å². The van der Waals surface area contributed by atoms with Crippen LogP contribution in [0.3, 0.4) is 0 Å². The average Bonchev–Trinajstić information content (AvgIpc) is 3.04. The summed E-state index contributed by atoms with van der Waals surface area (Å²) < 4.78 is 1.69. The monoisotopic (exact) mass is 396 g/mol. The van der Waals surface area contributed by atoms with Crippen LogP contribution in [0.1, 0.15) is 66.7 Å². The zero-order chi connectivity index (χ0) is 21.0. The molecule has 2 N–H and O–H groups in total. The number of primary amides is 1. The summed E-state index contributed by atoms with van der Waals surface area (Å²) in [5.74, 6) is 1.44. The Labute approximate surface area is 175 Å². The van der Waals surface area contributed by atoms with Crippen molar-refractivity contribution in [3.05, 3.63) is 52.8 Å². The van der Waals surface area contributed by atoms with E-state index in [0.717, 1.165) is 51.0 Å². The summed E-state index contributed by atoms with van der Waals surface area (Å²) in [4.78, 5) is 14.2. The predicted octanol–water partition coefficient (Wildman–Crippen LogP) is 3.78. The predicted molar refractivity (Wildman–Crippen MR) is 118 cm³/mol. The number of benzene rings is 1. The van der Waals surface area contributed by atoms with E-state index in [-0.39, 0.29) is 5.91 Å². The maximum atomic E-state index is 11.6. The molecule has 5 heteroatoms. The number of aryl methyl sites for hydroxylation is 1. The summed E-state index contributed by atoms with van der Waals surface area (Å²) in [6.45, 7) is 10.2. The van der Waals surface area contributed by atoms with Gasteiger partial charge in [-0.2, -0.15) is 5.10 Å². The summed E-state index contributed by atoms with van der Waals surface area (Å²) in [6, 6.07) is 9.13. The van der Waals surface area contributed by atoms with E-state index in [1.807, 2.05) is 7.05 Å². The van der Waals surface area contributed by atoms with E-state index in [2.05, 4.69) is 55.0 Å². The molecule has 1 aliphatic heterocycles. The molecule has 29 heavy (non-hydrogen) atoms. The average molecular weight is 397 g/mol. The molecule has 1 fully saturated rings. The van der Waals surface area contributed by atoms with Gasteiger partial charge in [0.25, 0.3) is 5.91 Å². The molecular formula is C24H36N4O. The van der Waals surface area contributed by atoms with E-state index in [9.17, 15) is 4.79 Å². The Balaban J connectivity index is 1.45. The van der Waals surface area contributed by atoms with Crippen LogP contribution in [-0.2, 0) is 19.9 Å². The zero-order valence-corrected chi connectivity index (χ0v) is 18.4. The van der Waals surface area contributed by atoms with E-state index in [1.54, 1.807) is 10.9 Å². The van der Waals surface area contributed by atoms with Gasteiger partial charge in [0.2, 0.25) is 0 Å². The van der Waals surface area contributed by atoms with Gasteiger partial charge in [0.05, 0.1) is 11.3 Å². The largest absolute Gasteiger partial charge is 0.365 e. The summed E-state index contributed by atoms with van der Waals surface area (Å²) in [5.41, 5.74) is 9.78. The maximum absolute atomic E-state index is 11.6. The number of hydrogen-bond donors (Lipinski definition) is 1. The van der Waals surface area contributed by atoms with Gasteiger partial charge < -0.3 is 10.6 Å². The minimum atomic E-state index is -0.374. The van der Waals surface area contributed by atoms with Crippen molar-refractivity contribution in [3.63, 3.8) is 0 Å². The smallest absolute Gasteiger partial charge is 0.252 e. The molecular weight excluding hydrogens is 360 g/mol. The van der Waals surface area contributed by atoms with E-state index < -0.39 is 0 Å². The summed E-state index contributed by atoms with van der Waals surface area (Å²) in [7, 11) is 1.84. The molecule has 1 aromatic heterocycles. The first kappa shape index (κ1) is 21.6. The molecule has 3 rings (SSSR count). The van der Waals surface area contributed by atoms with Gasteiger partial charge in [0.15, 0.2) is 0 Å². The van der Waals surface area contributed by atoms with E-state index in [4.69, 9.17) is 5.73 Å². The highest BCUT2D eigenvalue weighted by molar-refractivity contribution is 5.93. The van der Waals surface area contributed by atoms with Crippen LogP contribution in [0.2, 0.25) is 0 Å². The lowest BCUT2D eigenvalue weighted by Crippen LogP contribution is -2.37. The number of nitrogens with zero attached hydrogens (tertiary/aromatic N) is 3. The first-order valence-corrected chi connectivity index (χ1v) is 10.9. The van der Waals surface area contributed by atoms with Gasteiger partial charge in [0.1, 0.15) is 0 Å². The molecule has 0 unspecified atom stereocenters. The number of carbonyl (C=O) groups is 1. The van der Waals surface area contributed by atoms with Gasteiger partial charge in [-0.15, -0.1) is 0 Å². The van der Waals surface area contributed by atoms with Crippen LogP contribution in [0.15, 0.2) is 30.5 Å². The molecule has 0 radical (unpaired) electrons. The minimum Gasteiger partial charge on any atom is -0.365 e. The number of carbonyl (C=O) groups excluding carboxylic acids is 1. The Morgan fingerprint density at radius 1 is 1.17 bits per heavy atom. The molecule has 1 saturated heterocycles. The van der Waals surface area contributed by atoms with Crippen LogP contribution < -0.4 is 5.73 Å². The highest BCUT2D eigenvalue weighted by Gasteiger charge is 2.23. The zero-order valence-electron chi connectivity index (χ0n) is 18.4. The van der Waals surface area contributed by atoms with Crippen LogP contribution in [0.25, 0.3) is 0 Å². The second-order valence-corrected chi connectivity index (χ2v) is 9.18. The van der Waals surface area contributed by atoms with Crippen molar-refractivity contribution in [2.75, 3.05) is 19.6 Å². The van der Waals surface area contributed by atoms with E-state index in [0.29, 0.717) is 23.3 Å². The van der Waals surface area contributed by atoms with Crippen LogP contribution in [-0.4, -0.2) is 40.2 Å². The molecule has 1 atom stereocenters. The van der Waals surface area contributed by atoms with Crippen molar-refractivity contribution in [3.8, 4) is 0 Å². The van der Waals surface area contributed by atoms with Gasteiger partial charge in [-0.05, 0) is 67.7 Å². The van der Waals surface area contributed by atoms with E-state index in [1.165, 1.54) is 11.1 Å². The number of piperidine rings is 1. The molecule has 0 bridgehead atoms. The Bertz CT molecular complexity index is 801. The Kier molecular flexibility index (Phi) is 7.12. The lowest BCUT2D eigenvalue weighted by Gasteiger charge is -2.33. The Hall–Kier alpha value is -2.14. The number of hydrogen-bond acceptors (Lipinski definition) is 3. The molecule has 1 aliphatic rings. The maximum Gasteiger partial charge on any atom is 0.252 e. The van der Waals surface area contributed by atoms with Crippen LogP contribution in [0, 0.1) is 11.8 Å². The standard InChI is InChI=1S/C24H36N4O/c1-17(2)21-7-5-19(6-8-21)13-18(3)15-28-11-9-20(10-12-28)14-23-22(24(25)29)16-27(4)26-23/h5-8,16-18,20H,9-15H2,1-4H3,(H2,25,29)/t18-/m1/s1. The Morgan fingerprint density at radius 2 is 1.83 bits per heavy atom. The van der Waals surface area contributed by atoms with Crippen molar-refractivity contribution in [1.29, 1.82) is 0 Å². The fourth-order valence-corrected chi connectivity index (χ4v) is 4.48. The van der Waals surface area contributed by atoms with Crippen LogP contribution in [0.4, 0.5) is 0 Å². The third-order valence-electron chi connectivity index (χ3n) is 6.16. The third-order valence-corrected chi connectivity index (χ3v) is 6.16. The molecule has 1 amide bonds. The lowest BCUT2D eigenvalue weighted by molar-refractivity contribution is 0.0998. The van der Waals surface area contributed by atoms with Gasteiger partial charge >= 0.3 is 0 Å². The second-order valence-electron chi connectivity index (χ2n) is 9.18. The molecule has 0 aliphatic carbocycles. The Morgan fingerprint density at radius 3 is 2.41 bits per heavy atom. The highest BCUT2D eigenvalue weighted by atomic mass is 16.1. The van der Waals surface area contributed by atoms with Gasteiger partial charge in [-0.3, -0.25) is 9.48 Å². The lowest BCUT2D eigenvalue weighted by atomic mass is 9.90. The minimum absolute atomic E-state index is 0.374. The number of rotatable bonds is 8. The van der Waals surface area contributed by atoms with Crippen molar-refractivity contribution >= 4 is 5.91 Å². The van der Waals surface area contributed by atoms with Crippen molar-refractivity contribution in [2.45, 2.75) is 52.4 Å². The third kappa shape index (κ3) is 5.92. The molecule has 2 heterocycles. The summed E-state index contributed by atoms with van der Waals surface area (Å²) in [5, 5.41) is 4.46. The first-order valence-electron chi connectivity index (χ1n) is 10.9. The van der Waals surface area contributed by atoms with Crippen molar-refractivity contribution in [2.24, 2.45) is 24.6 Å². The fraction of sp³-hybridized carbons (Fsp3) is 0.583. The topological polar surface area (TPSA) is 64.2 Å². The molecule has 0 saturated carbocycles. The number of amides is 1. The molecule has 2 aromatic rings. The number of likely N-dealkylation sites (tertiary alicyclic amines) is 1. The highest BCUT2D eigenvalue weighted by Crippen LogP contribution is 2.24. The van der Waals surface area contributed by atoms with Crippen LogP contribution >= 0.6 is 0 Å².